The Balaban J connectivity index is 1.87. The lowest BCUT2D eigenvalue weighted by atomic mass is 10.3. The van der Waals surface area contributed by atoms with E-state index in [1.54, 1.807) is 0 Å². The molecule has 0 aliphatic carbocycles. The van der Waals surface area contributed by atoms with Crippen LogP contribution in [0.5, 0.6) is 5.75 Å². The summed E-state index contributed by atoms with van der Waals surface area (Å²) in [5.41, 5.74) is 0.961. The van der Waals surface area contributed by atoms with E-state index < -0.39 is 0 Å². The van der Waals surface area contributed by atoms with Crippen LogP contribution < -0.4 is 14.4 Å². The standard InChI is InChI=1S/C12H16N2O2S/c1-2-3-8-13-12(15)17-14-9-16-11-7-5-4-6-10(11)14/h4-7H,2-3,8-9H2,1H3,(H,13,15). The molecule has 1 heterocycles. The zero-order chi connectivity index (χ0) is 12.1. The van der Waals surface area contributed by atoms with Crippen LogP contribution in [-0.2, 0) is 0 Å². The highest BCUT2D eigenvalue weighted by atomic mass is 32.2. The molecule has 4 nitrogen and oxygen atoms in total. The molecule has 2 rings (SSSR count). The molecular formula is C12H16N2O2S. The summed E-state index contributed by atoms with van der Waals surface area (Å²) in [4.78, 5) is 11.6. The molecule has 1 aliphatic rings. The highest BCUT2D eigenvalue weighted by molar-refractivity contribution is 8.14. The fourth-order valence-electron chi connectivity index (χ4n) is 1.56. The van der Waals surface area contributed by atoms with Crippen LogP contribution in [0.15, 0.2) is 24.3 Å². The van der Waals surface area contributed by atoms with Gasteiger partial charge in [0.1, 0.15) is 5.75 Å². The largest absolute Gasteiger partial charge is 0.470 e. The third-order valence-corrected chi connectivity index (χ3v) is 3.30. The number of nitrogens with one attached hydrogen (secondary N) is 1. The van der Waals surface area contributed by atoms with Crippen LogP contribution in [0.3, 0.4) is 0 Å². The fourth-order valence-corrected chi connectivity index (χ4v) is 2.28. The molecule has 92 valence electrons. The molecule has 1 aromatic carbocycles. The average molecular weight is 252 g/mol. The highest BCUT2D eigenvalue weighted by Gasteiger charge is 2.22. The molecule has 0 saturated carbocycles. The van der Waals surface area contributed by atoms with Gasteiger partial charge in [-0.2, -0.15) is 0 Å². The molecule has 5 heteroatoms. The Kier molecular flexibility index (Phi) is 4.14. The van der Waals surface area contributed by atoms with Crippen molar-refractivity contribution >= 4 is 22.9 Å². The van der Waals surface area contributed by atoms with E-state index in [0.717, 1.165) is 42.8 Å². The number of carbonyl (C=O) groups is 1. The van der Waals surface area contributed by atoms with Crippen molar-refractivity contribution in [2.45, 2.75) is 19.8 Å². The van der Waals surface area contributed by atoms with E-state index in [0.29, 0.717) is 6.73 Å². The van der Waals surface area contributed by atoms with Crippen LogP contribution in [0.25, 0.3) is 0 Å². The molecule has 0 aromatic heterocycles. The minimum Gasteiger partial charge on any atom is -0.470 e. The Morgan fingerprint density at radius 2 is 2.35 bits per heavy atom. The fraction of sp³-hybridized carbons (Fsp3) is 0.417. The van der Waals surface area contributed by atoms with Gasteiger partial charge >= 0.3 is 0 Å². The van der Waals surface area contributed by atoms with Crippen LogP contribution >= 0.6 is 11.9 Å². The van der Waals surface area contributed by atoms with Crippen LogP contribution in [0.1, 0.15) is 19.8 Å². The highest BCUT2D eigenvalue weighted by Crippen LogP contribution is 2.37. The van der Waals surface area contributed by atoms with Gasteiger partial charge in [0, 0.05) is 6.54 Å². The zero-order valence-electron chi connectivity index (χ0n) is 9.81. The van der Waals surface area contributed by atoms with Gasteiger partial charge in [0.25, 0.3) is 5.24 Å². The maximum atomic E-state index is 11.6. The van der Waals surface area contributed by atoms with Crippen LogP contribution in [0.4, 0.5) is 10.5 Å². The summed E-state index contributed by atoms with van der Waals surface area (Å²) in [5, 5.41) is 2.84. The molecular weight excluding hydrogens is 236 g/mol. The number of unbranched alkanes of at least 4 members (excludes halogenated alkanes) is 1. The van der Waals surface area contributed by atoms with Gasteiger partial charge in [-0.1, -0.05) is 25.5 Å². The van der Waals surface area contributed by atoms with E-state index in [9.17, 15) is 4.79 Å². The maximum Gasteiger partial charge on any atom is 0.299 e. The molecule has 17 heavy (non-hydrogen) atoms. The minimum atomic E-state index is -0.0289. The van der Waals surface area contributed by atoms with E-state index in [4.69, 9.17) is 4.74 Å². The number of fused-ring (bicyclic) bond motifs is 1. The summed E-state index contributed by atoms with van der Waals surface area (Å²) in [5.74, 6) is 0.835. The normalized spacial score (nSPS) is 13.1. The van der Waals surface area contributed by atoms with E-state index >= 15 is 0 Å². The molecule has 0 unspecified atom stereocenters. The van der Waals surface area contributed by atoms with Gasteiger partial charge in [-0.3, -0.25) is 9.10 Å². The first kappa shape index (κ1) is 12.1. The summed E-state index contributed by atoms with van der Waals surface area (Å²) in [6, 6.07) is 7.73. The third kappa shape index (κ3) is 3.06. The number of anilines is 1. The minimum absolute atomic E-state index is 0.0289. The Labute approximate surface area is 105 Å². The topological polar surface area (TPSA) is 41.6 Å². The number of benzene rings is 1. The van der Waals surface area contributed by atoms with Crippen molar-refractivity contribution in [3.63, 3.8) is 0 Å². The summed E-state index contributed by atoms with van der Waals surface area (Å²) in [6.07, 6.45) is 2.10. The first-order valence-corrected chi connectivity index (χ1v) is 6.53. The number of rotatable bonds is 4. The van der Waals surface area contributed by atoms with Crippen molar-refractivity contribution in [1.29, 1.82) is 0 Å². The van der Waals surface area contributed by atoms with E-state index in [-0.39, 0.29) is 5.24 Å². The SMILES string of the molecule is CCCCNC(=O)SN1COc2ccccc21. The monoisotopic (exact) mass is 252 g/mol. The Morgan fingerprint density at radius 3 is 3.18 bits per heavy atom. The van der Waals surface area contributed by atoms with Gasteiger partial charge in [-0.25, -0.2) is 0 Å². The summed E-state index contributed by atoms with van der Waals surface area (Å²) >= 11 is 1.16. The lowest BCUT2D eigenvalue weighted by Crippen LogP contribution is -2.25. The second kappa shape index (κ2) is 5.82. The number of ether oxygens (including phenoxy) is 1. The zero-order valence-corrected chi connectivity index (χ0v) is 10.6. The quantitative estimate of drug-likeness (QED) is 0.660. The number of para-hydroxylation sites is 2. The Hall–Kier alpha value is -1.36. The maximum absolute atomic E-state index is 11.6. The van der Waals surface area contributed by atoms with Crippen molar-refractivity contribution in [1.82, 2.24) is 5.32 Å². The van der Waals surface area contributed by atoms with E-state index in [2.05, 4.69) is 12.2 Å². The van der Waals surface area contributed by atoms with Crippen LogP contribution in [0.2, 0.25) is 0 Å². The Bertz CT molecular complexity index is 398. The summed E-state index contributed by atoms with van der Waals surface area (Å²) in [6.45, 7) is 3.26. The predicted molar refractivity (Wildman–Crippen MR) is 70.3 cm³/mol. The van der Waals surface area contributed by atoms with Gasteiger partial charge in [0.2, 0.25) is 0 Å². The van der Waals surface area contributed by atoms with Gasteiger partial charge < -0.3 is 10.1 Å². The van der Waals surface area contributed by atoms with E-state index in [1.165, 1.54) is 0 Å². The lowest BCUT2D eigenvalue weighted by Gasteiger charge is -2.13. The van der Waals surface area contributed by atoms with Crippen molar-refractivity contribution in [3.05, 3.63) is 24.3 Å². The lowest BCUT2D eigenvalue weighted by molar-refractivity contribution is 0.260. The van der Waals surface area contributed by atoms with E-state index in [1.807, 2.05) is 28.6 Å². The van der Waals surface area contributed by atoms with Crippen molar-refractivity contribution in [2.75, 3.05) is 17.6 Å². The molecule has 0 bridgehead atoms. The van der Waals surface area contributed by atoms with Gasteiger partial charge in [0.15, 0.2) is 6.73 Å². The van der Waals surface area contributed by atoms with Gasteiger partial charge in [-0.15, -0.1) is 0 Å². The molecule has 1 aliphatic heterocycles. The number of hydrogen-bond donors (Lipinski definition) is 1. The molecule has 0 saturated heterocycles. The molecule has 1 N–H and O–H groups in total. The van der Waals surface area contributed by atoms with Crippen LogP contribution in [0, 0.1) is 0 Å². The second-order valence-corrected chi connectivity index (χ2v) is 4.77. The van der Waals surface area contributed by atoms with Crippen molar-refractivity contribution in [3.8, 4) is 5.75 Å². The molecule has 0 radical (unpaired) electrons. The van der Waals surface area contributed by atoms with Gasteiger partial charge in [-0.05, 0) is 18.6 Å². The molecule has 0 spiro atoms. The number of amides is 1. The molecule has 1 amide bonds. The third-order valence-electron chi connectivity index (χ3n) is 2.46. The summed E-state index contributed by atoms with van der Waals surface area (Å²) in [7, 11) is 0. The van der Waals surface area contributed by atoms with Gasteiger partial charge in [0.05, 0.1) is 17.6 Å². The number of carbonyl (C=O) groups excluding carboxylic acids is 1. The molecule has 1 aromatic rings. The predicted octanol–water partition coefficient (Wildman–Crippen LogP) is 3.00. The first-order chi connectivity index (χ1) is 8.31. The van der Waals surface area contributed by atoms with Crippen molar-refractivity contribution in [2.24, 2.45) is 0 Å². The summed E-state index contributed by atoms with van der Waals surface area (Å²) < 4.78 is 7.32. The smallest absolute Gasteiger partial charge is 0.299 e. The first-order valence-electron chi connectivity index (χ1n) is 5.76. The van der Waals surface area contributed by atoms with Crippen LogP contribution in [-0.4, -0.2) is 18.5 Å². The molecule has 0 fully saturated rings. The second-order valence-electron chi connectivity index (χ2n) is 3.78. The molecule has 0 atom stereocenters. The average Bonchev–Trinajstić information content (AvgIpc) is 2.73. The Morgan fingerprint density at radius 1 is 1.53 bits per heavy atom. The number of nitrogens with zero attached hydrogens (tertiary/aromatic N) is 1. The number of hydrogen-bond acceptors (Lipinski definition) is 4. The van der Waals surface area contributed by atoms with Crippen molar-refractivity contribution < 1.29 is 9.53 Å².